The maximum Gasteiger partial charge on any atom is 0.234 e. The van der Waals surface area contributed by atoms with Crippen molar-refractivity contribution in [1.29, 1.82) is 0 Å². The molecular weight excluding hydrogens is 252 g/mol. The zero-order chi connectivity index (χ0) is 13.8. The minimum absolute atomic E-state index is 0.628. The smallest absolute Gasteiger partial charge is 0.234 e. The fourth-order valence-corrected chi connectivity index (χ4v) is 2.77. The quantitative estimate of drug-likeness (QED) is 0.859. The highest BCUT2D eigenvalue weighted by Crippen LogP contribution is 2.24. The molecule has 3 rings (SSSR count). The predicted molar refractivity (Wildman–Crippen MR) is 79.2 cm³/mol. The molecule has 2 heterocycles. The molecule has 0 radical (unpaired) electrons. The Balaban J connectivity index is 1.58. The van der Waals surface area contributed by atoms with Gasteiger partial charge >= 0.3 is 0 Å². The Labute approximate surface area is 120 Å². The van der Waals surface area contributed by atoms with Crippen molar-refractivity contribution in [1.82, 2.24) is 15.3 Å². The molecule has 5 nitrogen and oxygen atoms in total. The second-order valence-corrected chi connectivity index (χ2v) is 5.79. The van der Waals surface area contributed by atoms with Crippen LogP contribution in [0.1, 0.15) is 32.6 Å². The van der Waals surface area contributed by atoms with E-state index in [9.17, 15) is 0 Å². The van der Waals surface area contributed by atoms with Crippen LogP contribution in [-0.4, -0.2) is 42.3 Å². The highest BCUT2D eigenvalue weighted by molar-refractivity contribution is 5.38. The van der Waals surface area contributed by atoms with Gasteiger partial charge in [-0.2, -0.15) is 4.98 Å². The van der Waals surface area contributed by atoms with Gasteiger partial charge in [0.1, 0.15) is 0 Å². The molecule has 1 saturated heterocycles. The Kier molecular flexibility index (Phi) is 4.35. The monoisotopic (exact) mass is 276 g/mol. The lowest BCUT2D eigenvalue weighted by Gasteiger charge is -2.33. The summed E-state index contributed by atoms with van der Waals surface area (Å²) in [7, 11) is 0. The van der Waals surface area contributed by atoms with E-state index in [0.717, 1.165) is 37.4 Å². The Morgan fingerprint density at radius 2 is 2.25 bits per heavy atom. The van der Waals surface area contributed by atoms with Crippen molar-refractivity contribution in [3.63, 3.8) is 0 Å². The number of nitrogens with zero attached hydrogens (tertiary/aromatic N) is 3. The average molecular weight is 276 g/mol. The third-order valence-electron chi connectivity index (χ3n) is 4.01. The first-order valence-corrected chi connectivity index (χ1v) is 7.78. The first kappa shape index (κ1) is 13.6. The molecule has 0 amide bonds. The van der Waals surface area contributed by atoms with Crippen LogP contribution in [0.15, 0.2) is 12.4 Å². The molecular formula is C15H24N4O. The third kappa shape index (κ3) is 3.60. The minimum Gasteiger partial charge on any atom is -0.477 e. The number of ether oxygens (including phenoxy) is 1. The largest absolute Gasteiger partial charge is 0.477 e. The van der Waals surface area contributed by atoms with Crippen LogP contribution in [0.2, 0.25) is 0 Å². The molecule has 1 aromatic heterocycles. The lowest BCUT2D eigenvalue weighted by molar-refractivity contribution is 0.324. The molecule has 1 aromatic rings. The molecule has 1 saturated carbocycles. The van der Waals surface area contributed by atoms with E-state index >= 15 is 0 Å². The molecule has 5 heteroatoms. The molecule has 1 aliphatic heterocycles. The van der Waals surface area contributed by atoms with Gasteiger partial charge in [0.25, 0.3) is 0 Å². The van der Waals surface area contributed by atoms with Crippen molar-refractivity contribution >= 4 is 5.82 Å². The van der Waals surface area contributed by atoms with Crippen LogP contribution in [0.5, 0.6) is 5.88 Å². The minimum atomic E-state index is 0.628. The molecule has 1 atom stereocenters. The predicted octanol–water partition coefficient (Wildman–Crippen LogP) is 1.84. The van der Waals surface area contributed by atoms with E-state index < -0.39 is 0 Å². The normalized spacial score (nSPS) is 22.9. The summed E-state index contributed by atoms with van der Waals surface area (Å²) in [5.41, 5.74) is 0. The van der Waals surface area contributed by atoms with Gasteiger partial charge in [-0.15, -0.1) is 0 Å². The van der Waals surface area contributed by atoms with Crippen LogP contribution in [-0.2, 0) is 0 Å². The number of aromatic nitrogens is 2. The molecule has 2 aliphatic rings. The Bertz CT molecular complexity index is 436. The van der Waals surface area contributed by atoms with E-state index in [2.05, 4.69) is 20.2 Å². The van der Waals surface area contributed by atoms with Crippen LogP contribution in [0, 0.1) is 5.92 Å². The molecule has 110 valence electrons. The summed E-state index contributed by atoms with van der Waals surface area (Å²) in [6, 6.07) is 0.798. The van der Waals surface area contributed by atoms with E-state index in [-0.39, 0.29) is 0 Å². The van der Waals surface area contributed by atoms with E-state index in [1.807, 2.05) is 13.1 Å². The maximum absolute atomic E-state index is 5.44. The van der Waals surface area contributed by atoms with Gasteiger partial charge in [0.05, 0.1) is 19.0 Å². The standard InChI is InChI=1S/C15H24N4O/c1-2-20-15-10-16-9-14(18-15)19-7-3-4-12(11-19)8-17-13-5-6-13/h9-10,12-13,17H,2-8,11H2,1H3. The summed E-state index contributed by atoms with van der Waals surface area (Å²) in [4.78, 5) is 11.1. The molecule has 0 aromatic carbocycles. The van der Waals surface area contributed by atoms with E-state index in [0.29, 0.717) is 12.5 Å². The second kappa shape index (κ2) is 6.39. The highest BCUT2D eigenvalue weighted by Gasteiger charge is 2.25. The van der Waals surface area contributed by atoms with Gasteiger partial charge in [-0.3, -0.25) is 4.98 Å². The third-order valence-corrected chi connectivity index (χ3v) is 4.01. The zero-order valence-electron chi connectivity index (χ0n) is 12.2. The van der Waals surface area contributed by atoms with Gasteiger partial charge in [-0.1, -0.05) is 0 Å². The molecule has 0 spiro atoms. The van der Waals surface area contributed by atoms with Crippen LogP contribution in [0.25, 0.3) is 0 Å². The van der Waals surface area contributed by atoms with Crippen molar-refractivity contribution in [3.05, 3.63) is 12.4 Å². The lowest BCUT2D eigenvalue weighted by Crippen LogP contribution is -2.40. The summed E-state index contributed by atoms with van der Waals surface area (Å²) >= 11 is 0. The molecule has 1 N–H and O–H groups in total. The SMILES string of the molecule is CCOc1cncc(N2CCCC(CNC3CC3)C2)n1. The fourth-order valence-electron chi connectivity index (χ4n) is 2.77. The van der Waals surface area contributed by atoms with Crippen LogP contribution in [0.3, 0.4) is 0 Å². The fraction of sp³-hybridized carbons (Fsp3) is 0.733. The highest BCUT2D eigenvalue weighted by atomic mass is 16.5. The second-order valence-electron chi connectivity index (χ2n) is 5.79. The number of rotatable bonds is 6. The Hall–Kier alpha value is -1.36. The average Bonchev–Trinajstić information content (AvgIpc) is 3.30. The van der Waals surface area contributed by atoms with Gasteiger partial charge < -0.3 is 15.0 Å². The topological polar surface area (TPSA) is 50.3 Å². The van der Waals surface area contributed by atoms with E-state index in [1.54, 1.807) is 6.20 Å². The Morgan fingerprint density at radius 1 is 1.35 bits per heavy atom. The van der Waals surface area contributed by atoms with Crippen molar-refractivity contribution in [3.8, 4) is 5.88 Å². The molecule has 0 bridgehead atoms. The summed E-state index contributed by atoms with van der Waals surface area (Å²) in [6.07, 6.45) is 8.80. The molecule has 2 fully saturated rings. The summed E-state index contributed by atoms with van der Waals surface area (Å²) in [6.45, 7) is 5.88. The Morgan fingerprint density at radius 3 is 3.05 bits per heavy atom. The van der Waals surface area contributed by atoms with Crippen LogP contribution in [0.4, 0.5) is 5.82 Å². The zero-order valence-corrected chi connectivity index (χ0v) is 12.2. The van der Waals surface area contributed by atoms with Gasteiger partial charge in [0.15, 0.2) is 5.82 Å². The first-order valence-electron chi connectivity index (χ1n) is 7.78. The summed E-state index contributed by atoms with van der Waals surface area (Å²) in [5.74, 6) is 2.30. The number of hydrogen-bond acceptors (Lipinski definition) is 5. The van der Waals surface area contributed by atoms with Gasteiger partial charge in [0.2, 0.25) is 5.88 Å². The van der Waals surface area contributed by atoms with Crippen molar-refractivity contribution in [2.45, 2.75) is 38.6 Å². The van der Waals surface area contributed by atoms with Crippen molar-refractivity contribution in [2.24, 2.45) is 5.92 Å². The number of hydrogen-bond donors (Lipinski definition) is 1. The van der Waals surface area contributed by atoms with E-state index in [1.165, 1.54) is 25.7 Å². The van der Waals surface area contributed by atoms with Crippen molar-refractivity contribution < 1.29 is 4.74 Å². The number of anilines is 1. The van der Waals surface area contributed by atoms with Gasteiger partial charge in [0, 0.05) is 19.1 Å². The van der Waals surface area contributed by atoms with Crippen LogP contribution < -0.4 is 15.0 Å². The van der Waals surface area contributed by atoms with Gasteiger partial charge in [-0.25, -0.2) is 0 Å². The van der Waals surface area contributed by atoms with Crippen LogP contribution >= 0.6 is 0 Å². The van der Waals surface area contributed by atoms with Gasteiger partial charge in [-0.05, 0) is 45.1 Å². The molecule has 1 aliphatic carbocycles. The maximum atomic E-state index is 5.44. The van der Waals surface area contributed by atoms with Crippen molar-refractivity contribution in [2.75, 3.05) is 31.1 Å². The summed E-state index contributed by atoms with van der Waals surface area (Å²) in [5, 5.41) is 3.64. The molecule has 20 heavy (non-hydrogen) atoms. The number of nitrogens with one attached hydrogen (secondary N) is 1. The van der Waals surface area contributed by atoms with E-state index in [4.69, 9.17) is 4.74 Å². The first-order chi connectivity index (χ1) is 9.85. The summed E-state index contributed by atoms with van der Waals surface area (Å²) < 4.78 is 5.44. The molecule has 1 unspecified atom stereocenters. The lowest BCUT2D eigenvalue weighted by atomic mass is 9.98. The number of piperidine rings is 1.